The zero-order valence-corrected chi connectivity index (χ0v) is 11.9. The number of hydrogen-bond donors (Lipinski definition) is 1. The molecule has 0 unspecified atom stereocenters. The van der Waals surface area contributed by atoms with Gasteiger partial charge in [0.1, 0.15) is 11.5 Å². The molecule has 0 aliphatic heterocycles. The first-order chi connectivity index (χ1) is 10.3. The van der Waals surface area contributed by atoms with E-state index in [1.165, 1.54) is 18.4 Å². The number of ether oxygens (including phenoxy) is 1. The third-order valence-electron chi connectivity index (χ3n) is 4.10. The van der Waals surface area contributed by atoms with Crippen molar-refractivity contribution in [3.63, 3.8) is 0 Å². The maximum Gasteiger partial charge on any atom is 0.181 e. The van der Waals surface area contributed by atoms with Crippen molar-refractivity contribution in [3.05, 3.63) is 48.2 Å². The number of hydrogen-bond acceptors (Lipinski definition) is 3. The van der Waals surface area contributed by atoms with Gasteiger partial charge in [0, 0.05) is 11.8 Å². The van der Waals surface area contributed by atoms with Crippen LogP contribution in [-0.2, 0) is 0 Å². The Morgan fingerprint density at radius 1 is 1.19 bits per heavy atom. The molecular formula is C17H17N3O. The summed E-state index contributed by atoms with van der Waals surface area (Å²) in [6, 6.07) is 12.4. The molecule has 0 amide bonds. The van der Waals surface area contributed by atoms with Crippen LogP contribution in [0.15, 0.2) is 42.6 Å². The summed E-state index contributed by atoms with van der Waals surface area (Å²) in [7, 11) is 1.64. The average molecular weight is 279 g/mol. The molecule has 0 bridgehead atoms. The molecule has 0 saturated heterocycles. The molecule has 2 N–H and O–H groups in total. The summed E-state index contributed by atoms with van der Waals surface area (Å²) < 4.78 is 7.22. The van der Waals surface area contributed by atoms with E-state index in [9.17, 15) is 0 Å². The van der Waals surface area contributed by atoms with Crippen LogP contribution in [0.25, 0.3) is 16.9 Å². The van der Waals surface area contributed by atoms with Crippen molar-refractivity contribution >= 4 is 11.5 Å². The molecule has 21 heavy (non-hydrogen) atoms. The molecule has 2 aromatic heterocycles. The summed E-state index contributed by atoms with van der Waals surface area (Å²) in [6.07, 6.45) is 4.53. The van der Waals surface area contributed by atoms with Gasteiger partial charge in [0.05, 0.1) is 7.11 Å². The minimum absolute atomic E-state index is 0.642. The van der Waals surface area contributed by atoms with E-state index in [2.05, 4.69) is 29.2 Å². The smallest absolute Gasteiger partial charge is 0.181 e. The molecule has 2 heterocycles. The van der Waals surface area contributed by atoms with Crippen LogP contribution in [0.3, 0.4) is 0 Å². The highest BCUT2D eigenvalue weighted by atomic mass is 16.5. The van der Waals surface area contributed by atoms with Crippen molar-refractivity contribution in [2.45, 2.75) is 18.8 Å². The lowest BCUT2D eigenvalue weighted by atomic mass is 10.1. The Kier molecular flexibility index (Phi) is 2.64. The molecule has 106 valence electrons. The van der Waals surface area contributed by atoms with Crippen LogP contribution in [0.1, 0.15) is 24.3 Å². The molecule has 1 aliphatic carbocycles. The van der Waals surface area contributed by atoms with Gasteiger partial charge in [-0.1, -0.05) is 24.3 Å². The Balaban J connectivity index is 1.83. The van der Waals surface area contributed by atoms with Gasteiger partial charge in [-0.25, -0.2) is 4.98 Å². The van der Waals surface area contributed by atoms with Crippen LogP contribution >= 0.6 is 0 Å². The normalized spacial score (nSPS) is 14.5. The quantitative estimate of drug-likeness (QED) is 0.798. The predicted octanol–water partition coefficient (Wildman–Crippen LogP) is 3.47. The van der Waals surface area contributed by atoms with Crippen LogP contribution in [0.2, 0.25) is 0 Å². The SMILES string of the molecule is COc1cccn2c(N)c(-c3ccc(C4CC4)cc3)nc12. The van der Waals surface area contributed by atoms with Gasteiger partial charge in [-0.05, 0) is 36.5 Å². The molecule has 1 fully saturated rings. The summed E-state index contributed by atoms with van der Waals surface area (Å²) in [5, 5.41) is 0. The fraction of sp³-hybridized carbons (Fsp3) is 0.235. The number of methoxy groups -OCH3 is 1. The maximum absolute atomic E-state index is 6.25. The van der Waals surface area contributed by atoms with Crippen molar-refractivity contribution in [1.82, 2.24) is 9.38 Å². The molecule has 0 spiro atoms. The number of nitrogens with two attached hydrogens (primary N) is 1. The second kappa shape index (κ2) is 4.52. The number of benzene rings is 1. The Morgan fingerprint density at radius 3 is 2.62 bits per heavy atom. The number of nitrogen functional groups attached to an aromatic ring is 1. The van der Waals surface area contributed by atoms with Crippen molar-refractivity contribution in [3.8, 4) is 17.0 Å². The van der Waals surface area contributed by atoms with E-state index >= 15 is 0 Å². The molecular weight excluding hydrogens is 262 g/mol. The third-order valence-corrected chi connectivity index (χ3v) is 4.10. The minimum atomic E-state index is 0.642. The molecule has 1 aliphatic rings. The molecule has 4 rings (SSSR count). The first kappa shape index (κ1) is 12.3. The molecule has 4 nitrogen and oxygen atoms in total. The number of aromatic nitrogens is 2. The van der Waals surface area contributed by atoms with E-state index in [0.717, 1.165) is 28.6 Å². The molecule has 4 heteroatoms. The van der Waals surface area contributed by atoms with E-state index < -0.39 is 0 Å². The number of anilines is 1. The Morgan fingerprint density at radius 2 is 1.95 bits per heavy atom. The predicted molar refractivity (Wildman–Crippen MR) is 83.6 cm³/mol. The Labute approximate surface area is 123 Å². The zero-order valence-electron chi connectivity index (χ0n) is 11.9. The number of rotatable bonds is 3. The van der Waals surface area contributed by atoms with Crippen molar-refractivity contribution in [2.75, 3.05) is 12.8 Å². The molecule has 1 aromatic carbocycles. The maximum atomic E-state index is 6.25. The van der Waals surface area contributed by atoms with Gasteiger partial charge < -0.3 is 10.5 Å². The number of pyridine rings is 1. The number of imidazole rings is 1. The molecule has 0 radical (unpaired) electrons. The second-order valence-electron chi connectivity index (χ2n) is 5.51. The largest absolute Gasteiger partial charge is 0.493 e. The Hall–Kier alpha value is -2.49. The first-order valence-electron chi connectivity index (χ1n) is 7.19. The highest BCUT2D eigenvalue weighted by molar-refractivity contribution is 5.77. The van der Waals surface area contributed by atoms with Gasteiger partial charge in [0.2, 0.25) is 0 Å². The van der Waals surface area contributed by atoms with E-state index in [0.29, 0.717) is 5.82 Å². The lowest BCUT2D eigenvalue weighted by Crippen LogP contribution is -1.95. The van der Waals surface area contributed by atoms with Crippen LogP contribution in [0, 0.1) is 0 Å². The van der Waals surface area contributed by atoms with Gasteiger partial charge in [-0.3, -0.25) is 4.40 Å². The molecule has 1 saturated carbocycles. The highest BCUT2D eigenvalue weighted by Gasteiger charge is 2.23. The van der Waals surface area contributed by atoms with Gasteiger partial charge in [0.25, 0.3) is 0 Å². The Bertz CT molecular complexity index is 801. The third kappa shape index (κ3) is 1.95. The summed E-state index contributed by atoms with van der Waals surface area (Å²) >= 11 is 0. The highest BCUT2D eigenvalue weighted by Crippen LogP contribution is 2.40. The number of fused-ring (bicyclic) bond motifs is 1. The summed E-state index contributed by atoms with van der Waals surface area (Å²) in [5.41, 5.74) is 10.3. The molecule has 0 atom stereocenters. The van der Waals surface area contributed by atoms with Gasteiger partial charge in [-0.2, -0.15) is 0 Å². The van der Waals surface area contributed by atoms with Crippen LogP contribution < -0.4 is 10.5 Å². The van der Waals surface area contributed by atoms with Crippen LogP contribution in [-0.4, -0.2) is 16.5 Å². The van der Waals surface area contributed by atoms with Crippen molar-refractivity contribution in [1.29, 1.82) is 0 Å². The lowest BCUT2D eigenvalue weighted by Gasteiger charge is -2.02. The number of nitrogens with zero attached hydrogens (tertiary/aromatic N) is 2. The van der Waals surface area contributed by atoms with Gasteiger partial charge >= 0.3 is 0 Å². The topological polar surface area (TPSA) is 52.5 Å². The fourth-order valence-electron chi connectivity index (χ4n) is 2.76. The zero-order chi connectivity index (χ0) is 14.4. The average Bonchev–Trinajstić information content (AvgIpc) is 3.32. The van der Waals surface area contributed by atoms with Crippen LogP contribution in [0.5, 0.6) is 5.75 Å². The van der Waals surface area contributed by atoms with E-state index in [1.54, 1.807) is 7.11 Å². The lowest BCUT2D eigenvalue weighted by molar-refractivity contribution is 0.417. The summed E-state index contributed by atoms with van der Waals surface area (Å²) in [4.78, 5) is 4.66. The standard InChI is InChI=1S/C17H17N3O/c1-21-14-3-2-10-20-16(18)15(19-17(14)20)13-8-6-12(7-9-13)11-4-5-11/h2-3,6-11H,4-5,18H2,1H3. The van der Waals surface area contributed by atoms with Crippen molar-refractivity contribution < 1.29 is 4.74 Å². The first-order valence-corrected chi connectivity index (χ1v) is 7.19. The van der Waals surface area contributed by atoms with Gasteiger partial charge in [-0.15, -0.1) is 0 Å². The summed E-state index contributed by atoms with van der Waals surface area (Å²) in [6.45, 7) is 0. The van der Waals surface area contributed by atoms with E-state index in [4.69, 9.17) is 10.5 Å². The molecule has 3 aromatic rings. The monoisotopic (exact) mass is 279 g/mol. The van der Waals surface area contributed by atoms with E-state index in [1.807, 2.05) is 22.7 Å². The van der Waals surface area contributed by atoms with Crippen LogP contribution in [0.4, 0.5) is 5.82 Å². The van der Waals surface area contributed by atoms with Gasteiger partial charge in [0.15, 0.2) is 11.4 Å². The van der Waals surface area contributed by atoms with Crippen molar-refractivity contribution in [2.24, 2.45) is 0 Å². The second-order valence-corrected chi connectivity index (χ2v) is 5.51. The van der Waals surface area contributed by atoms with E-state index in [-0.39, 0.29) is 0 Å². The minimum Gasteiger partial charge on any atom is -0.493 e. The fourth-order valence-corrected chi connectivity index (χ4v) is 2.76. The summed E-state index contributed by atoms with van der Waals surface area (Å²) in [5.74, 6) is 2.13.